The van der Waals surface area contributed by atoms with E-state index in [0.29, 0.717) is 35.1 Å². The van der Waals surface area contributed by atoms with Gasteiger partial charge < -0.3 is 14.8 Å². The van der Waals surface area contributed by atoms with Crippen LogP contribution in [0.25, 0.3) is 0 Å². The molecule has 0 heterocycles. The Morgan fingerprint density at radius 2 is 1.79 bits per heavy atom. The van der Waals surface area contributed by atoms with E-state index in [1.807, 2.05) is 0 Å². The fraction of sp³-hybridized carbons (Fsp3) is 0.222. The third-order valence-electron chi connectivity index (χ3n) is 3.24. The molecule has 1 N–H and O–H groups in total. The first kappa shape index (κ1) is 17.8. The number of hydrogen-bond acceptors (Lipinski definition) is 4. The van der Waals surface area contributed by atoms with Crippen molar-refractivity contribution < 1.29 is 19.1 Å². The van der Waals surface area contributed by atoms with Crippen molar-refractivity contribution in [3.05, 3.63) is 59.1 Å². The zero-order valence-electron chi connectivity index (χ0n) is 13.3. The number of nitrogens with one attached hydrogen (secondary N) is 1. The summed E-state index contributed by atoms with van der Waals surface area (Å²) in [7, 11) is 1.30. The molecule has 0 saturated carbocycles. The molecule has 0 fully saturated rings. The normalized spacial score (nSPS) is 10.1. The van der Waals surface area contributed by atoms with Crippen molar-refractivity contribution in [2.75, 3.05) is 19.0 Å². The highest BCUT2D eigenvalue weighted by atomic mass is 35.5. The van der Waals surface area contributed by atoms with E-state index in [-0.39, 0.29) is 12.3 Å². The molecule has 126 valence electrons. The van der Waals surface area contributed by atoms with Gasteiger partial charge in [0.25, 0.3) is 0 Å². The van der Waals surface area contributed by atoms with Crippen molar-refractivity contribution in [3.8, 4) is 5.75 Å². The Kier molecular flexibility index (Phi) is 6.63. The van der Waals surface area contributed by atoms with Gasteiger partial charge in [0.05, 0.1) is 25.0 Å². The third kappa shape index (κ3) is 5.28. The molecule has 0 unspecified atom stereocenters. The summed E-state index contributed by atoms with van der Waals surface area (Å²) in [6.45, 7) is 0.410. The van der Waals surface area contributed by atoms with Gasteiger partial charge in [-0.15, -0.1) is 0 Å². The second-order valence-corrected chi connectivity index (χ2v) is 5.43. The van der Waals surface area contributed by atoms with Gasteiger partial charge >= 0.3 is 5.97 Å². The highest BCUT2D eigenvalue weighted by Gasteiger charge is 2.12. The number of para-hydroxylation sites is 1. The van der Waals surface area contributed by atoms with Crippen LogP contribution in [0, 0.1) is 0 Å². The number of carbonyl (C=O) groups excluding carboxylic acids is 2. The molecule has 0 aromatic heterocycles. The van der Waals surface area contributed by atoms with Gasteiger partial charge in [0.15, 0.2) is 0 Å². The number of rotatable bonds is 7. The second kappa shape index (κ2) is 8.93. The van der Waals surface area contributed by atoms with Crippen LogP contribution in [-0.4, -0.2) is 25.6 Å². The van der Waals surface area contributed by atoms with Crippen LogP contribution >= 0.6 is 11.6 Å². The predicted octanol–water partition coefficient (Wildman–Crippen LogP) is 3.92. The molecule has 2 aromatic rings. The molecule has 0 spiro atoms. The number of anilines is 1. The monoisotopic (exact) mass is 347 g/mol. The topological polar surface area (TPSA) is 64.6 Å². The molecule has 0 aliphatic rings. The summed E-state index contributed by atoms with van der Waals surface area (Å²) in [5, 5.41) is 3.36. The van der Waals surface area contributed by atoms with Crippen LogP contribution in [0.5, 0.6) is 5.75 Å². The highest BCUT2D eigenvalue weighted by Crippen LogP contribution is 2.17. The minimum atomic E-state index is -0.489. The predicted molar refractivity (Wildman–Crippen MR) is 92.6 cm³/mol. The first-order valence-corrected chi connectivity index (χ1v) is 7.83. The maximum Gasteiger partial charge on any atom is 0.339 e. The fourth-order valence-corrected chi connectivity index (χ4v) is 2.17. The Labute approximate surface area is 145 Å². The van der Waals surface area contributed by atoms with Gasteiger partial charge in [0.2, 0.25) is 5.91 Å². The average Bonchev–Trinajstić information content (AvgIpc) is 2.60. The SMILES string of the molecule is COC(=O)c1ccccc1NC(=O)CCCOc1ccc(Cl)cc1. The molecule has 24 heavy (non-hydrogen) atoms. The summed E-state index contributed by atoms with van der Waals surface area (Å²) in [5.41, 5.74) is 0.763. The van der Waals surface area contributed by atoms with Gasteiger partial charge in [-0.3, -0.25) is 4.79 Å². The second-order valence-electron chi connectivity index (χ2n) is 4.99. The molecule has 2 rings (SSSR count). The van der Waals surface area contributed by atoms with Gasteiger partial charge in [-0.1, -0.05) is 23.7 Å². The molecule has 0 atom stereocenters. The minimum absolute atomic E-state index is 0.189. The Balaban J connectivity index is 1.79. The Hall–Kier alpha value is -2.53. The van der Waals surface area contributed by atoms with Gasteiger partial charge in [-0.05, 0) is 42.8 Å². The number of amides is 1. The quantitative estimate of drug-likeness (QED) is 0.609. The standard InChI is InChI=1S/C18H18ClNO4/c1-23-18(22)15-5-2-3-6-16(15)20-17(21)7-4-12-24-14-10-8-13(19)9-11-14/h2-3,5-6,8-11H,4,7,12H2,1H3,(H,20,21). The minimum Gasteiger partial charge on any atom is -0.494 e. The summed E-state index contributed by atoms with van der Waals surface area (Å²) in [6, 6.07) is 13.7. The third-order valence-corrected chi connectivity index (χ3v) is 3.49. The smallest absolute Gasteiger partial charge is 0.339 e. The van der Waals surface area contributed by atoms with Crippen molar-refractivity contribution in [2.24, 2.45) is 0 Å². The van der Waals surface area contributed by atoms with Crippen LogP contribution < -0.4 is 10.1 Å². The maximum atomic E-state index is 12.0. The summed E-state index contributed by atoms with van der Waals surface area (Å²) in [4.78, 5) is 23.6. The number of hydrogen-bond donors (Lipinski definition) is 1. The van der Waals surface area contributed by atoms with Crippen LogP contribution in [0.1, 0.15) is 23.2 Å². The Bertz CT molecular complexity index is 700. The molecule has 0 aliphatic heterocycles. The van der Waals surface area contributed by atoms with Gasteiger partial charge in [-0.2, -0.15) is 0 Å². The molecule has 1 amide bonds. The fourth-order valence-electron chi connectivity index (χ4n) is 2.05. The van der Waals surface area contributed by atoms with E-state index in [0.717, 1.165) is 0 Å². The Morgan fingerprint density at radius 3 is 2.50 bits per heavy atom. The van der Waals surface area contributed by atoms with Crippen molar-refractivity contribution >= 4 is 29.2 Å². The van der Waals surface area contributed by atoms with E-state index in [4.69, 9.17) is 21.1 Å². The summed E-state index contributed by atoms with van der Waals surface area (Å²) in [6.07, 6.45) is 0.831. The van der Waals surface area contributed by atoms with Crippen LogP contribution in [0.4, 0.5) is 5.69 Å². The number of benzene rings is 2. The maximum absolute atomic E-state index is 12.0. The highest BCUT2D eigenvalue weighted by molar-refractivity contribution is 6.30. The molecule has 6 heteroatoms. The van der Waals surface area contributed by atoms with Crippen LogP contribution in [0.15, 0.2) is 48.5 Å². The first-order valence-electron chi connectivity index (χ1n) is 7.45. The van der Waals surface area contributed by atoms with Crippen LogP contribution in [0.2, 0.25) is 5.02 Å². The number of halogens is 1. The zero-order valence-corrected chi connectivity index (χ0v) is 14.0. The molecule has 5 nitrogen and oxygen atoms in total. The number of methoxy groups -OCH3 is 1. The average molecular weight is 348 g/mol. The first-order chi connectivity index (χ1) is 11.6. The largest absolute Gasteiger partial charge is 0.494 e. The van der Waals surface area contributed by atoms with Crippen molar-refractivity contribution in [2.45, 2.75) is 12.8 Å². The lowest BCUT2D eigenvalue weighted by molar-refractivity contribution is -0.116. The zero-order chi connectivity index (χ0) is 17.4. The van der Waals surface area contributed by atoms with Crippen molar-refractivity contribution in [1.82, 2.24) is 0 Å². The molecule has 0 saturated heterocycles. The lowest BCUT2D eigenvalue weighted by Crippen LogP contribution is -2.15. The number of carbonyl (C=O) groups is 2. The van der Waals surface area contributed by atoms with Gasteiger partial charge in [0, 0.05) is 11.4 Å². The van der Waals surface area contributed by atoms with E-state index in [1.54, 1.807) is 48.5 Å². The summed E-state index contributed by atoms with van der Waals surface area (Å²) in [5.74, 6) is 0.0267. The van der Waals surface area contributed by atoms with E-state index in [2.05, 4.69) is 5.32 Å². The van der Waals surface area contributed by atoms with E-state index >= 15 is 0 Å². The Morgan fingerprint density at radius 1 is 1.08 bits per heavy atom. The van der Waals surface area contributed by atoms with Crippen molar-refractivity contribution in [3.63, 3.8) is 0 Å². The van der Waals surface area contributed by atoms with Crippen LogP contribution in [-0.2, 0) is 9.53 Å². The molecule has 0 aliphatic carbocycles. The van der Waals surface area contributed by atoms with Crippen molar-refractivity contribution in [1.29, 1.82) is 0 Å². The molecule has 2 aromatic carbocycles. The van der Waals surface area contributed by atoms with Gasteiger partial charge in [-0.25, -0.2) is 4.79 Å². The molecule has 0 bridgehead atoms. The van der Waals surface area contributed by atoms with E-state index in [1.165, 1.54) is 7.11 Å². The summed E-state index contributed by atoms with van der Waals surface area (Å²) < 4.78 is 10.2. The van der Waals surface area contributed by atoms with E-state index in [9.17, 15) is 9.59 Å². The molecular weight excluding hydrogens is 330 g/mol. The van der Waals surface area contributed by atoms with Crippen LogP contribution in [0.3, 0.4) is 0 Å². The number of esters is 1. The lowest BCUT2D eigenvalue weighted by Gasteiger charge is -2.10. The number of ether oxygens (including phenoxy) is 2. The summed E-state index contributed by atoms with van der Waals surface area (Å²) >= 11 is 5.80. The van der Waals surface area contributed by atoms with E-state index < -0.39 is 5.97 Å². The lowest BCUT2D eigenvalue weighted by atomic mass is 10.1. The molecular formula is C18H18ClNO4. The molecule has 0 radical (unpaired) electrons. The van der Waals surface area contributed by atoms with Gasteiger partial charge in [0.1, 0.15) is 5.75 Å².